The smallest absolute Gasteiger partial charge is 0.0583 e. The molecule has 0 saturated carbocycles. The molecule has 0 radical (unpaired) electrons. The van der Waals surface area contributed by atoms with Crippen LogP contribution < -0.4 is 5.32 Å². The van der Waals surface area contributed by atoms with E-state index in [-0.39, 0.29) is 0 Å². The van der Waals surface area contributed by atoms with Crippen LogP contribution in [-0.4, -0.2) is 25.3 Å². The molecule has 1 heterocycles. The van der Waals surface area contributed by atoms with Gasteiger partial charge in [-0.3, -0.25) is 0 Å². The van der Waals surface area contributed by atoms with Crippen LogP contribution in [0.1, 0.15) is 45.6 Å². The standard InChI is InChI=1S/C19H31NO/c1-15(2)13-20-14-18(11-17-7-5-4-6-8-17)12-19-10-9-16(3)21-19/h4-8,15-16,18-20H,9-14H2,1-3H3. The molecule has 1 N–H and O–H groups in total. The maximum absolute atomic E-state index is 6.03. The molecule has 1 aliphatic heterocycles. The van der Waals surface area contributed by atoms with Crippen molar-refractivity contribution in [3.05, 3.63) is 35.9 Å². The molecule has 1 aromatic carbocycles. The lowest BCUT2D eigenvalue weighted by Crippen LogP contribution is -2.30. The van der Waals surface area contributed by atoms with Crippen LogP contribution in [-0.2, 0) is 11.2 Å². The monoisotopic (exact) mass is 289 g/mol. The number of hydrogen-bond donors (Lipinski definition) is 1. The van der Waals surface area contributed by atoms with Gasteiger partial charge >= 0.3 is 0 Å². The van der Waals surface area contributed by atoms with Gasteiger partial charge in [-0.1, -0.05) is 44.2 Å². The first kappa shape index (κ1) is 16.5. The number of ether oxygens (including phenoxy) is 1. The quantitative estimate of drug-likeness (QED) is 0.779. The summed E-state index contributed by atoms with van der Waals surface area (Å²) in [5.41, 5.74) is 1.44. The van der Waals surface area contributed by atoms with Crippen molar-refractivity contribution in [2.24, 2.45) is 11.8 Å². The van der Waals surface area contributed by atoms with E-state index in [0.717, 1.165) is 19.5 Å². The maximum Gasteiger partial charge on any atom is 0.0583 e. The molecule has 1 aliphatic rings. The van der Waals surface area contributed by atoms with E-state index in [2.05, 4.69) is 56.4 Å². The minimum absolute atomic E-state index is 0.455. The Hall–Kier alpha value is -0.860. The SMILES string of the molecule is CC(C)CNCC(Cc1ccccc1)CC1CCC(C)O1. The lowest BCUT2D eigenvalue weighted by atomic mass is 9.92. The molecule has 21 heavy (non-hydrogen) atoms. The van der Waals surface area contributed by atoms with Crippen LogP contribution in [0.3, 0.4) is 0 Å². The fourth-order valence-electron chi connectivity index (χ4n) is 3.19. The molecule has 0 aromatic heterocycles. The predicted molar refractivity (Wildman–Crippen MR) is 89.5 cm³/mol. The van der Waals surface area contributed by atoms with E-state index < -0.39 is 0 Å². The molecule has 2 rings (SSSR count). The van der Waals surface area contributed by atoms with Crippen LogP contribution in [0.4, 0.5) is 0 Å². The van der Waals surface area contributed by atoms with Gasteiger partial charge in [0.05, 0.1) is 12.2 Å². The van der Waals surface area contributed by atoms with Crippen molar-refractivity contribution in [2.75, 3.05) is 13.1 Å². The van der Waals surface area contributed by atoms with Crippen molar-refractivity contribution in [3.63, 3.8) is 0 Å². The second-order valence-corrected chi connectivity index (χ2v) is 6.99. The summed E-state index contributed by atoms with van der Waals surface area (Å²) in [6, 6.07) is 10.9. The van der Waals surface area contributed by atoms with Crippen molar-refractivity contribution < 1.29 is 4.74 Å². The summed E-state index contributed by atoms with van der Waals surface area (Å²) in [5.74, 6) is 1.38. The van der Waals surface area contributed by atoms with Crippen LogP contribution in [0.5, 0.6) is 0 Å². The minimum Gasteiger partial charge on any atom is -0.375 e. The van der Waals surface area contributed by atoms with Gasteiger partial charge in [0, 0.05) is 0 Å². The van der Waals surface area contributed by atoms with Gasteiger partial charge in [0.15, 0.2) is 0 Å². The Morgan fingerprint density at radius 2 is 1.90 bits per heavy atom. The van der Waals surface area contributed by atoms with Gasteiger partial charge in [0.25, 0.3) is 0 Å². The van der Waals surface area contributed by atoms with Crippen molar-refractivity contribution in [1.82, 2.24) is 5.32 Å². The van der Waals surface area contributed by atoms with E-state index >= 15 is 0 Å². The van der Waals surface area contributed by atoms with E-state index in [0.29, 0.717) is 24.0 Å². The second kappa shape index (κ2) is 8.55. The Morgan fingerprint density at radius 1 is 1.14 bits per heavy atom. The first-order valence-corrected chi connectivity index (χ1v) is 8.53. The summed E-state index contributed by atoms with van der Waals surface area (Å²) in [7, 11) is 0. The summed E-state index contributed by atoms with van der Waals surface area (Å²) in [6.07, 6.45) is 5.72. The maximum atomic E-state index is 6.03. The van der Waals surface area contributed by atoms with Crippen LogP contribution in [0.2, 0.25) is 0 Å². The van der Waals surface area contributed by atoms with E-state index in [1.807, 2.05) is 0 Å². The Balaban J connectivity index is 1.86. The average Bonchev–Trinajstić information content (AvgIpc) is 2.85. The zero-order valence-corrected chi connectivity index (χ0v) is 13.8. The molecular formula is C19H31NO. The molecule has 118 valence electrons. The van der Waals surface area contributed by atoms with E-state index in [1.165, 1.54) is 24.8 Å². The summed E-state index contributed by atoms with van der Waals surface area (Å²) in [5, 5.41) is 3.63. The van der Waals surface area contributed by atoms with Gasteiger partial charge in [0.1, 0.15) is 0 Å². The molecule has 2 nitrogen and oxygen atoms in total. The van der Waals surface area contributed by atoms with Gasteiger partial charge in [-0.05, 0) is 63.1 Å². The number of rotatable bonds is 8. The summed E-state index contributed by atoms with van der Waals surface area (Å²) < 4.78 is 6.03. The number of hydrogen-bond acceptors (Lipinski definition) is 2. The normalized spacial score (nSPS) is 23.6. The highest BCUT2D eigenvalue weighted by Crippen LogP contribution is 2.26. The molecular weight excluding hydrogens is 258 g/mol. The molecule has 0 spiro atoms. The van der Waals surface area contributed by atoms with Gasteiger partial charge in [-0.25, -0.2) is 0 Å². The minimum atomic E-state index is 0.455. The van der Waals surface area contributed by atoms with Gasteiger partial charge < -0.3 is 10.1 Å². The first-order chi connectivity index (χ1) is 10.1. The van der Waals surface area contributed by atoms with Crippen molar-refractivity contribution >= 4 is 0 Å². The largest absolute Gasteiger partial charge is 0.375 e. The molecule has 1 aromatic rings. The Kier molecular flexibility index (Phi) is 6.72. The Morgan fingerprint density at radius 3 is 2.52 bits per heavy atom. The highest BCUT2D eigenvalue weighted by Gasteiger charge is 2.25. The fourth-order valence-corrected chi connectivity index (χ4v) is 3.19. The van der Waals surface area contributed by atoms with Gasteiger partial charge in [-0.15, -0.1) is 0 Å². The fraction of sp³-hybridized carbons (Fsp3) is 0.684. The van der Waals surface area contributed by atoms with Crippen LogP contribution >= 0.6 is 0 Å². The lowest BCUT2D eigenvalue weighted by molar-refractivity contribution is 0.0407. The molecule has 1 fully saturated rings. The molecule has 3 atom stereocenters. The number of benzene rings is 1. The molecule has 2 heteroatoms. The summed E-state index contributed by atoms with van der Waals surface area (Å²) in [6.45, 7) is 8.93. The predicted octanol–water partition coefficient (Wildman–Crippen LogP) is 4.05. The van der Waals surface area contributed by atoms with E-state index in [9.17, 15) is 0 Å². The second-order valence-electron chi connectivity index (χ2n) is 6.99. The van der Waals surface area contributed by atoms with Crippen LogP contribution in [0.15, 0.2) is 30.3 Å². The molecule has 0 amide bonds. The van der Waals surface area contributed by atoms with E-state index in [4.69, 9.17) is 4.74 Å². The third-order valence-electron chi connectivity index (χ3n) is 4.27. The average molecular weight is 289 g/mol. The highest BCUT2D eigenvalue weighted by molar-refractivity contribution is 5.15. The van der Waals surface area contributed by atoms with Crippen molar-refractivity contribution in [3.8, 4) is 0 Å². The third kappa shape index (κ3) is 6.19. The number of nitrogens with one attached hydrogen (secondary N) is 1. The highest BCUT2D eigenvalue weighted by atomic mass is 16.5. The summed E-state index contributed by atoms with van der Waals surface area (Å²) in [4.78, 5) is 0. The third-order valence-corrected chi connectivity index (χ3v) is 4.27. The van der Waals surface area contributed by atoms with Gasteiger partial charge in [0.2, 0.25) is 0 Å². The van der Waals surface area contributed by atoms with E-state index in [1.54, 1.807) is 0 Å². The van der Waals surface area contributed by atoms with Crippen LogP contribution in [0, 0.1) is 11.8 Å². The molecule has 1 saturated heterocycles. The zero-order valence-electron chi connectivity index (χ0n) is 13.8. The van der Waals surface area contributed by atoms with Crippen molar-refractivity contribution in [1.29, 1.82) is 0 Å². The lowest BCUT2D eigenvalue weighted by Gasteiger charge is -2.22. The van der Waals surface area contributed by atoms with Crippen LogP contribution in [0.25, 0.3) is 0 Å². The molecule has 0 bridgehead atoms. The Bertz CT molecular complexity index is 390. The zero-order chi connectivity index (χ0) is 15.1. The summed E-state index contributed by atoms with van der Waals surface area (Å²) >= 11 is 0. The molecule has 3 unspecified atom stereocenters. The van der Waals surface area contributed by atoms with Crippen molar-refractivity contribution in [2.45, 2.75) is 58.7 Å². The molecule has 0 aliphatic carbocycles. The topological polar surface area (TPSA) is 21.3 Å². The first-order valence-electron chi connectivity index (χ1n) is 8.53. The Labute approximate surface area is 130 Å². The van der Waals surface area contributed by atoms with Gasteiger partial charge in [-0.2, -0.15) is 0 Å².